The van der Waals surface area contributed by atoms with Crippen LogP contribution in [0.2, 0.25) is 5.02 Å². The number of hydrogen-bond acceptors (Lipinski definition) is 8. The van der Waals surface area contributed by atoms with Gasteiger partial charge in [0.2, 0.25) is 11.8 Å². The number of benzene rings is 2. The fraction of sp³-hybridized carbons (Fsp3) is 0.286. The van der Waals surface area contributed by atoms with Crippen LogP contribution in [0.25, 0.3) is 22.6 Å². The summed E-state index contributed by atoms with van der Waals surface area (Å²) in [7, 11) is 3.02. The maximum absolute atomic E-state index is 13.1. The molecular formula is C28H29ClN4O6. The zero-order chi connectivity index (χ0) is 27.9. The summed E-state index contributed by atoms with van der Waals surface area (Å²) < 4.78 is 16.8. The fourth-order valence-corrected chi connectivity index (χ4v) is 4.41. The number of amides is 1. The normalized spacial score (nSPS) is 10.9. The quantitative estimate of drug-likeness (QED) is 0.244. The van der Waals surface area contributed by atoms with E-state index >= 15 is 0 Å². The second-order valence-corrected chi connectivity index (χ2v) is 9.13. The number of halogens is 1. The number of aromatic hydroxyl groups is 1. The predicted molar refractivity (Wildman–Crippen MR) is 146 cm³/mol. The largest absolute Gasteiger partial charge is 0.506 e. The van der Waals surface area contributed by atoms with Crippen molar-refractivity contribution in [1.29, 1.82) is 0 Å². The number of aryl methyl sites for hydroxylation is 1. The summed E-state index contributed by atoms with van der Waals surface area (Å²) in [6, 6.07) is 12.4. The number of aromatic nitrogens is 3. The second-order valence-electron chi connectivity index (χ2n) is 8.72. The first kappa shape index (κ1) is 27.7. The summed E-state index contributed by atoms with van der Waals surface area (Å²) in [4.78, 5) is 28.5. The Kier molecular flexibility index (Phi) is 8.88. The number of hydrogen-bond donors (Lipinski definition) is 3. The van der Waals surface area contributed by atoms with E-state index in [9.17, 15) is 14.7 Å². The molecule has 0 radical (unpaired) electrons. The number of H-pyrrole nitrogens is 1. The van der Waals surface area contributed by atoms with Crippen LogP contribution in [0.1, 0.15) is 36.9 Å². The van der Waals surface area contributed by atoms with Gasteiger partial charge in [0, 0.05) is 17.3 Å². The minimum Gasteiger partial charge on any atom is -0.506 e. The van der Waals surface area contributed by atoms with E-state index in [-0.39, 0.29) is 42.0 Å². The fourth-order valence-electron chi connectivity index (χ4n) is 4.21. The molecule has 4 rings (SSSR count). The minimum atomic E-state index is -0.602. The Labute approximate surface area is 230 Å². The first-order chi connectivity index (χ1) is 18.9. The van der Waals surface area contributed by atoms with E-state index in [1.54, 1.807) is 36.4 Å². The zero-order valence-corrected chi connectivity index (χ0v) is 22.6. The number of aromatic amines is 1. The Morgan fingerprint density at radius 2 is 1.77 bits per heavy atom. The van der Waals surface area contributed by atoms with Gasteiger partial charge in [-0.1, -0.05) is 49.2 Å². The van der Waals surface area contributed by atoms with Crippen LogP contribution in [0.3, 0.4) is 0 Å². The Balaban J connectivity index is 1.69. The van der Waals surface area contributed by atoms with Crippen molar-refractivity contribution in [3.05, 3.63) is 75.0 Å². The van der Waals surface area contributed by atoms with Gasteiger partial charge in [-0.25, -0.2) is 0 Å². The highest BCUT2D eigenvalue weighted by molar-refractivity contribution is 6.31. The highest BCUT2D eigenvalue weighted by Crippen LogP contribution is 2.46. The number of nitrogens with zero attached hydrogens (tertiary/aromatic N) is 2. The van der Waals surface area contributed by atoms with Crippen LogP contribution >= 0.6 is 11.6 Å². The van der Waals surface area contributed by atoms with Crippen molar-refractivity contribution in [3.63, 3.8) is 0 Å². The lowest BCUT2D eigenvalue weighted by Crippen LogP contribution is -2.24. The van der Waals surface area contributed by atoms with E-state index in [1.165, 1.54) is 14.2 Å². The van der Waals surface area contributed by atoms with Crippen LogP contribution in [0.5, 0.6) is 17.2 Å². The molecule has 0 saturated carbocycles. The third kappa shape index (κ3) is 6.06. The Hall–Kier alpha value is -4.31. The van der Waals surface area contributed by atoms with Gasteiger partial charge in [0.15, 0.2) is 0 Å². The van der Waals surface area contributed by atoms with E-state index < -0.39 is 5.56 Å². The standard InChI is InChI=1S/C28H29ClN4O6/c1-4-5-11-18-23(24-19(37-2)12-8-13-20(24)38-3)26(35)25(27(36)31-18)28-33-32-22(39-28)14-21(34)30-15-16-9-6-7-10-17(16)29/h6-10,12-13H,4-5,11,14-15H2,1-3H3,(H,30,34)(H2,31,35,36). The number of carbonyl (C=O) groups excluding carboxylic acids is 1. The van der Waals surface area contributed by atoms with Crippen LogP contribution in [-0.4, -0.2) is 40.4 Å². The topological polar surface area (TPSA) is 140 Å². The molecule has 0 aliphatic rings. The van der Waals surface area contributed by atoms with Crippen molar-refractivity contribution >= 4 is 17.5 Å². The molecule has 3 N–H and O–H groups in total. The SMILES string of the molecule is CCCCc1[nH]c(=O)c(-c2nnc(CC(=O)NCc3ccccc3Cl)o2)c(O)c1-c1c(OC)cccc1OC. The van der Waals surface area contributed by atoms with Gasteiger partial charge >= 0.3 is 0 Å². The third-order valence-electron chi connectivity index (χ3n) is 6.15. The van der Waals surface area contributed by atoms with Gasteiger partial charge in [0.05, 0.1) is 25.3 Å². The molecule has 2 aromatic heterocycles. The van der Waals surface area contributed by atoms with Crippen LogP contribution in [0, 0.1) is 0 Å². The number of carbonyl (C=O) groups is 1. The molecule has 1 amide bonds. The minimum absolute atomic E-state index is 0.0214. The van der Waals surface area contributed by atoms with E-state index in [2.05, 4.69) is 20.5 Å². The summed E-state index contributed by atoms with van der Waals surface area (Å²) in [6.07, 6.45) is 1.92. The van der Waals surface area contributed by atoms with Gasteiger partial charge in [-0.05, 0) is 36.6 Å². The highest BCUT2D eigenvalue weighted by Gasteiger charge is 2.27. The first-order valence-corrected chi connectivity index (χ1v) is 12.8. The van der Waals surface area contributed by atoms with Crippen molar-refractivity contribution in [1.82, 2.24) is 20.5 Å². The van der Waals surface area contributed by atoms with E-state index in [0.29, 0.717) is 39.8 Å². The van der Waals surface area contributed by atoms with Crippen molar-refractivity contribution in [2.75, 3.05) is 14.2 Å². The number of unbranched alkanes of at least 4 members (excludes halogenated alkanes) is 1. The number of rotatable bonds is 11. The van der Waals surface area contributed by atoms with Crippen molar-refractivity contribution in [3.8, 4) is 39.8 Å². The molecule has 0 fully saturated rings. The number of nitrogens with one attached hydrogen (secondary N) is 2. The van der Waals surface area contributed by atoms with Crippen molar-refractivity contribution < 1.29 is 23.8 Å². The van der Waals surface area contributed by atoms with Gasteiger partial charge in [-0.15, -0.1) is 10.2 Å². The monoisotopic (exact) mass is 552 g/mol. The molecule has 0 atom stereocenters. The van der Waals surface area contributed by atoms with E-state index in [1.807, 2.05) is 13.0 Å². The average Bonchev–Trinajstić information content (AvgIpc) is 3.38. The number of pyridine rings is 1. The molecule has 0 bridgehead atoms. The number of methoxy groups -OCH3 is 2. The van der Waals surface area contributed by atoms with E-state index in [0.717, 1.165) is 18.4 Å². The van der Waals surface area contributed by atoms with Crippen LogP contribution in [0.4, 0.5) is 0 Å². The first-order valence-electron chi connectivity index (χ1n) is 12.4. The predicted octanol–water partition coefficient (Wildman–Crippen LogP) is 4.67. The summed E-state index contributed by atoms with van der Waals surface area (Å²) in [5.74, 6) is -0.0843. The zero-order valence-electron chi connectivity index (χ0n) is 21.8. The summed E-state index contributed by atoms with van der Waals surface area (Å²) >= 11 is 6.14. The van der Waals surface area contributed by atoms with Crippen molar-refractivity contribution in [2.45, 2.75) is 39.2 Å². The van der Waals surface area contributed by atoms with Crippen LogP contribution < -0.4 is 20.3 Å². The molecule has 10 nitrogen and oxygen atoms in total. The van der Waals surface area contributed by atoms with Gasteiger partial charge in [0.25, 0.3) is 11.4 Å². The average molecular weight is 553 g/mol. The van der Waals surface area contributed by atoms with Crippen molar-refractivity contribution in [2.24, 2.45) is 0 Å². The molecule has 0 unspecified atom stereocenters. The molecule has 39 heavy (non-hydrogen) atoms. The smallest absolute Gasteiger partial charge is 0.264 e. The molecular weight excluding hydrogens is 524 g/mol. The molecule has 0 aliphatic carbocycles. The molecule has 2 heterocycles. The molecule has 0 spiro atoms. The van der Waals surface area contributed by atoms with Gasteiger partial charge in [0.1, 0.15) is 29.2 Å². The highest BCUT2D eigenvalue weighted by atomic mass is 35.5. The lowest BCUT2D eigenvalue weighted by molar-refractivity contribution is -0.120. The molecule has 0 saturated heterocycles. The molecule has 204 valence electrons. The molecule has 11 heteroatoms. The lowest BCUT2D eigenvalue weighted by Gasteiger charge is -2.18. The van der Waals surface area contributed by atoms with Gasteiger partial charge in [-0.2, -0.15) is 0 Å². The van der Waals surface area contributed by atoms with Crippen LogP contribution in [0.15, 0.2) is 51.7 Å². The maximum atomic E-state index is 13.1. The van der Waals surface area contributed by atoms with Gasteiger partial charge < -0.3 is 29.3 Å². The van der Waals surface area contributed by atoms with E-state index in [4.69, 9.17) is 25.5 Å². The summed E-state index contributed by atoms with van der Waals surface area (Å²) in [6.45, 7) is 2.25. The second kappa shape index (κ2) is 12.5. The Morgan fingerprint density at radius 1 is 1.05 bits per heavy atom. The lowest BCUT2D eigenvalue weighted by atomic mass is 9.96. The summed E-state index contributed by atoms with van der Waals surface area (Å²) in [5, 5.41) is 22.6. The van der Waals surface area contributed by atoms with Gasteiger partial charge in [-0.3, -0.25) is 9.59 Å². The summed E-state index contributed by atoms with van der Waals surface area (Å²) in [5.41, 5.74) is 1.28. The third-order valence-corrected chi connectivity index (χ3v) is 6.52. The van der Waals surface area contributed by atoms with Crippen LogP contribution in [-0.2, 0) is 24.2 Å². The Morgan fingerprint density at radius 3 is 2.44 bits per heavy atom. The maximum Gasteiger partial charge on any atom is 0.264 e. The Bertz CT molecular complexity index is 1510. The number of ether oxygens (including phenoxy) is 2. The molecule has 4 aromatic rings. The molecule has 0 aliphatic heterocycles. The molecule has 2 aromatic carbocycles.